The highest BCUT2D eigenvalue weighted by Crippen LogP contribution is 2.29. The van der Waals surface area contributed by atoms with Gasteiger partial charge in [-0.05, 0) is 36.3 Å². The number of pyridine rings is 1. The van der Waals surface area contributed by atoms with Crippen LogP contribution in [0.3, 0.4) is 0 Å². The Bertz CT molecular complexity index is 958. The number of fused-ring (bicyclic) bond motifs is 1. The highest BCUT2D eigenvalue weighted by atomic mass is 16.5. The Morgan fingerprint density at radius 2 is 1.66 bits per heavy atom. The molecule has 0 radical (unpaired) electrons. The van der Waals surface area contributed by atoms with Crippen molar-refractivity contribution in [2.24, 2.45) is 13.0 Å². The molecule has 0 N–H and O–H groups in total. The molecule has 0 atom stereocenters. The van der Waals surface area contributed by atoms with Crippen LogP contribution in [0.1, 0.15) is 53.6 Å². The molecular weight excluding hydrogens is 412 g/mol. The second-order valence-corrected chi connectivity index (χ2v) is 9.09. The van der Waals surface area contributed by atoms with Crippen molar-refractivity contribution in [3.63, 3.8) is 0 Å². The lowest BCUT2D eigenvalue weighted by Gasteiger charge is -2.35. The van der Waals surface area contributed by atoms with Crippen molar-refractivity contribution < 1.29 is 19.1 Å². The Kier molecular flexibility index (Phi) is 6.53. The van der Waals surface area contributed by atoms with Crippen molar-refractivity contribution in [2.45, 2.75) is 45.1 Å². The summed E-state index contributed by atoms with van der Waals surface area (Å²) in [6.45, 7) is 2.42. The van der Waals surface area contributed by atoms with Crippen LogP contribution in [0.2, 0.25) is 0 Å². The number of aromatic nitrogens is 1. The van der Waals surface area contributed by atoms with Gasteiger partial charge < -0.3 is 24.0 Å². The summed E-state index contributed by atoms with van der Waals surface area (Å²) in [6.07, 6.45) is 7.14. The SMILES string of the molecule is COC(=O)N1CCN(C(=O)c2c3c(cn(C)c2=O)CN(C(=O)CC2CCCC2)CC3)CC1. The van der Waals surface area contributed by atoms with Gasteiger partial charge in [-0.15, -0.1) is 0 Å². The van der Waals surface area contributed by atoms with Crippen molar-refractivity contribution >= 4 is 17.9 Å². The second-order valence-electron chi connectivity index (χ2n) is 9.09. The van der Waals surface area contributed by atoms with E-state index in [9.17, 15) is 19.2 Å². The molecule has 1 aliphatic carbocycles. The van der Waals surface area contributed by atoms with Crippen molar-refractivity contribution in [1.82, 2.24) is 19.3 Å². The minimum absolute atomic E-state index is 0.170. The molecule has 3 heterocycles. The molecule has 2 fully saturated rings. The standard InChI is InChI=1S/C23H32N4O5/c1-24-14-17-15-27(19(28)13-16-5-3-4-6-16)8-7-18(17)20(21(24)29)22(30)25-9-11-26(12-10-25)23(31)32-2/h14,16H,3-13,15H2,1-2H3. The summed E-state index contributed by atoms with van der Waals surface area (Å²) in [5, 5.41) is 0. The van der Waals surface area contributed by atoms with Crippen LogP contribution in [0, 0.1) is 5.92 Å². The number of hydrogen-bond acceptors (Lipinski definition) is 5. The van der Waals surface area contributed by atoms with Gasteiger partial charge >= 0.3 is 6.09 Å². The van der Waals surface area contributed by atoms with E-state index in [4.69, 9.17) is 4.74 Å². The summed E-state index contributed by atoms with van der Waals surface area (Å²) in [7, 11) is 2.98. The van der Waals surface area contributed by atoms with E-state index in [2.05, 4.69) is 0 Å². The van der Waals surface area contributed by atoms with Crippen LogP contribution in [0.4, 0.5) is 4.79 Å². The zero-order valence-corrected chi connectivity index (χ0v) is 19.0. The zero-order valence-electron chi connectivity index (χ0n) is 19.0. The molecule has 0 unspecified atom stereocenters. The third kappa shape index (κ3) is 4.38. The maximum absolute atomic E-state index is 13.3. The molecule has 1 aromatic rings. The maximum atomic E-state index is 13.3. The summed E-state index contributed by atoms with van der Waals surface area (Å²) in [6, 6.07) is 0. The molecule has 1 aromatic heterocycles. The third-order valence-electron chi connectivity index (χ3n) is 7.07. The number of ether oxygens (including phenoxy) is 1. The van der Waals surface area contributed by atoms with Crippen LogP contribution in [0.25, 0.3) is 0 Å². The lowest BCUT2D eigenvalue weighted by molar-refractivity contribution is -0.133. The first kappa shape index (κ1) is 22.4. The summed E-state index contributed by atoms with van der Waals surface area (Å²) in [4.78, 5) is 55.9. The van der Waals surface area contributed by atoms with Crippen molar-refractivity contribution in [2.75, 3.05) is 39.8 Å². The van der Waals surface area contributed by atoms with Crippen molar-refractivity contribution in [3.8, 4) is 0 Å². The molecule has 0 spiro atoms. The largest absolute Gasteiger partial charge is 0.453 e. The molecule has 0 aromatic carbocycles. The molecule has 3 amide bonds. The van der Waals surface area contributed by atoms with E-state index in [0.29, 0.717) is 58.0 Å². The molecule has 174 valence electrons. The number of carbonyl (C=O) groups excluding carboxylic acids is 3. The van der Waals surface area contributed by atoms with Gasteiger partial charge in [-0.25, -0.2) is 4.79 Å². The number of aryl methyl sites for hydroxylation is 1. The average molecular weight is 445 g/mol. The van der Waals surface area contributed by atoms with Crippen LogP contribution in [-0.4, -0.2) is 77.0 Å². The molecule has 9 heteroatoms. The van der Waals surface area contributed by atoms with Gasteiger partial charge in [-0.1, -0.05) is 12.8 Å². The fourth-order valence-electron chi connectivity index (χ4n) is 5.19. The Balaban J connectivity index is 1.50. The van der Waals surface area contributed by atoms with E-state index in [1.807, 2.05) is 4.90 Å². The highest BCUT2D eigenvalue weighted by Gasteiger charge is 2.32. The fourth-order valence-corrected chi connectivity index (χ4v) is 5.19. The highest BCUT2D eigenvalue weighted by molar-refractivity contribution is 5.96. The van der Waals surface area contributed by atoms with E-state index >= 15 is 0 Å². The number of rotatable bonds is 3. The van der Waals surface area contributed by atoms with Crippen molar-refractivity contribution in [3.05, 3.63) is 33.2 Å². The maximum Gasteiger partial charge on any atom is 0.409 e. The molecule has 32 heavy (non-hydrogen) atoms. The summed E-state index contributed by atoms with van der Waals surface area (Å²) >= 11 is 0. The quantitative estimate of drug-likeness (QED) is 0.702. The molecule has 4 rings (SSSR count). The van der Waals surface area contributed by atoms with Gasteiger partial charge in [0.05, 0.1) is 7.11 Å². The van der Waals surface area contributed by atoms with E-state index in [1.165, 1.54) is 24.5 Å². The Morgan fingerprint density at radius 1 is 1.00 bits per heavy atom. The minimum Gasteiger partial charge on any atom is -0.453 e. The molecule has 9 nitrogen and oxygen atoms in total. The summed E-state index contributed by atoms with van der Waals surface area (Å²) in [5.41, 5.74) is 1.53. The van der Waals surface area contributed by atoms with Gasteiger partial charge in [0.1, 0.15) is 5.56 Å². The molecule has 1 saturated heterocycles. The van der Waals surface area contributed by atoms with Gasteiger partial charge in [0.15, 0.2) is 0 Å². The van der Waals surface area contributed by atoms with Gasteiger partial charge in [0.25, 0.3) is 11.5 Å². The predicted molar refractivity (Wildman–Crippen MR) is 117 cm³/mol. The third-order valence-corrected chi connectivity index (χ3v) is 7.07. The predicted octanol–water partition coefficient (Wildman–Crippen LogP) is 1.37. The average Bonchev–Trinajstić information content (AvgIpc) is 3.32. The van der Waals surface area contributed by atoms with E-state index in [-0.39, 0.29) is 22.9 Å². The number of hydrogen-bond donors (Lipinski definition) is 0. The van der Waals surface area contributed by atoms with Crippen LogP contribution < -0.4 is 5.56 Å². The Hall–Kier alpha value is -2.84. The fraction of sp³-hybridized carbons (Fsp3) is 0.652. The zero-order chi connectivity index (χ0) is 22.8. The molecular formula is C23H32N4O5. The minimum atomic E-state index is -0.410. The van der Waals surface area contributed by atoms with Crippen LogP contribution in [-0.2, 0) is 29.5 Å². The number of amides is 3. The molecule has 3 aliphatic rings. The molecule has 2 aliphatic heterocycles. The van der Waals surface area contributed by atoms with E-state index in [0.717, 1.165) is 24.0 Å². The second kappa shape index (κ2) is 9.34. The Morgan fingerprint density at radius 3 is 2.31 bits per heavy atom. The monoisotopic (exact) mass is 444 g/mol. The number of piperazine rings is 1. The van der Waals surface area contributed by atoms with Crippen LogP contribution in [0.5, 0.6) is 0 Å². The van der Waals surface area contributed by atoms with Crippen molar-refractivity contribution in [1.29, 1.82) is 0 Å². The lowest BCUT2D eigenvalue weighted by atomic mass is 9.94. The first-order chi connectivity index (χ1) is 15.4. The van der Waals surface area contributed by atoms with E-state index in [1.54, 1.807) is 23.0 Å². The number of carbonyl (C=O) groups is 3. The molecule has 0 bridgehead atoms. The van der Waals surface area contributed by atoms with Gasteiger partial charge in [0.2, 0.25) is 5.91 Å². The number of methoxy groups -OCH3 is 1. The first-order valence-electron chi connectivity index (χ1n) is 11.5. The number of nitrogens with zero attached hydrogens (tertiary/aromatic N) is 4. The van der Waals surface area contributed by atoms with Crippen LogP contribution in [0.15, 0.2) is 11.0 Å². The lowest BCUT2D eigenvalue weighted by Crippen LogP contribution is -2.52. The summed E-state index contributed by atoms with van der Waals surface area (Å²) < 4.78 is 6.19. The van der Waals surface area contributed by atoms with E-state index < -0.39 is 6.09 Å². The van der Waals surface area contributed by atoms with Crippen LogP contribution >= 0.6 is 0 Å². The smallest absolute Gasteiger partial charge is 0.409 e. The first-order valence-corrected chi connectivity index (χ1v) is 11.5. The normalized spacial score (nSPS) is 19.1. The Labute approximate surface area is 187 Å². The topological polar surface area (TPSA) is 92.2 Å². The van der Waals surface area contributed by atoms with Gasteiger partial charge in [-0.2, -0.15) is 0 Å². The van der Waals surface area contributed by atoms with Gasteiger partial charge in [-0.3, -0.25) is 14.4 Å². The van der Waals surface area contributed by atoms with Gasteiger partial charge in [0, 0.05) is 58.9 Å². The molecule has 1 saturated carbocycles. The summed E-state index contributed by atoms with van der Waals surface area (Å²) in [5.74, 6) is 0.366.